The van der Waals surface area contributed by atoms with Gasteiger partial charge < -0.3 is 9.84 Å². The number of methoxy groups -OCH3 is 1. The molecule has 0 heterocycles. The fourth-order valence-corrected chi connectivity index (χ4v) is 2.06. The highest BCUT2D eigenvalue weighted by Crippen LogP contribution is 2.33. The predicted octanol–water partition coefficient (Wildman–Crippen LogP) is 3.24. The van der Waals surface area contributed by atoms with Crippen LogP contribution in [0.2, 0.25) is 0 Å². The number of hydrogen-bond donors (Lipinski definition) is 1. The Balaban J connectivity index is 2.74. The molecular formula is C16H13NO3. The van der Waals surface area contributed by atoms with Gasteiger partial charge >= 0.3 is 5.97 Å². The van der Waals surface area contributed by atoms with Crippen molar-refractivity contribution in [2.24, 2.45) is 0 Å². The predicted molar refractivity (Wildman–Crippen MR) is 74.8 cm³/mol. The van der Waals surface area contributed by atoms with Crippen LogP contribution in [0.3, 0.4) is 0 Å². The Labute approximate surface area is 116 Å². The van der Waals surface area contributed by atoms with Crippen LogP contribution >= 0.6 is 0 Å². The minimum absolute atomic E-state index is 0.193. The fourth-order valence-electron chi connectivity index (χ4n) is 2.06. The van der Waals surface area contributed by atoms with E-state index in [4.69, 9.17) is 10.00 Å². The Morgan fingerprint density at radius 3 is 2.55 bits per heavy atom. The van der Waals surface area contributed by atoms with Crippen LogP contribution in [-0.4, -0.2) is 18.2 Å². The van der Waals surface area contributed by atoms with Crippen molar-refractivity contribution >= 4 is 5.97 Å². The number of carboxylic acid groups (broad SMARTS) is 1. The summed E-state index contributed by atoms with van der Waals surface area (Å²) in [7, 11) is 1.51. The number of aromatic carboxylic acids is 1. The Morgan fingerprint density at radius 2 is 1.95 bits per heavy atom. The number of rotatable bonds is 3. The first-order chi connectivity index (χ1) is 9.56. The molecule has 2 aromatic rings. The number of hydrogen-bond acceptors (Lipinski definition) is 3. The Morgan fingerprint density at radius 1 is 1.20 bits per heavy atom. The fraction of sp³-hybridized carbons (Fsp3) is 0.125. The quantitative estimate of drug-likeness (QED) is 0.926. The average Bonchev–Trinajstić information content (AvgIpc) is 2.46. The third kappa shape index (κ3) is 2.47. The molecule has 0 radical (unpaired) electrons. The van der Waals surface area contributed by atoms with Gasteiger partial charge in [-0.15, -0.1) is 0 Å². The van der Waals surface area contributed by atoms with E-state index in [1.165, 1.54) is 7.11 Å². The zero-order valence-corrected chi connectivity index (χ0v) is 11.2. The molecule has 100 valence electrons. The highest BCUT2D eigenvalue weighted by atomic mass is 16.5. The van der Waals surface area contributed by atoms with Crippen LogP contribution in [0.25, 0.3) is 11.1 Å². The molecule has 2 rings (SSSR count). The molecule has 0 atom stereocenters. The molecule has 1 N–H and O–H groups in total. The zero-order valence-electron chi connectivity index (χ0n) is 11.2. The van der Waals surface area contributed by atoms with E-state index < -0.39 is 5.97 Å². The molecule has 0 saturated carbocycles. The van der Waals surface area contributed by atoms with Gasteiger partial charge in [0, 0.05) is 5.56 Å². The van der Waals surface area contributed by atoms with E-state index in [-0.39, 0.29) is 5.56 Å². The molecule has 0 fully saturated rings. The summed E-state index contributed by atoms with van der Waals surface area (Å²) in [5, 5.41) is 18.3. The summed E-state index contributed by atoms with van der Waals surface area (Å²) >= 11 is 0. The van der Waals surface area contributed by atoms with Gasteiger partial charge in [0.15, 0.2) is 0 Å². The number of carbonyl (C=O) groups is 1. The van der Waals surface area contributed by atoms with Gasteiger partial charge in [-0.2, -0.15) is 5.26 Å². The molecule has 0 amide bonds. The van der Waals surface area contributed by atoms with Crippen LogP contribution in [0.15, 0.2) is 36.4 Å². The van der Waals surface area contributed by atoms with Gasteiger partial charge in [-0.3, -0.25) is 0 Å². The SMILES string of the molecule is COc1ccc(C#N)cc1-c1ccc(C)cc1C(=O)O. The standard InChI is InChI=1S/C16H13NO3/c1-10-3-5-12(14(7-10)16(18)19)13-8-11(9-17)4-6-15(13)20-2/h3-8H,1-2H3,(H,18,19). The molecule has 0 unspecified atom stereocenters. The molecule has 4 heteroatoms. The second-order valence-electron chi connectivity index (χ2n) is 4.38. The molecule has 0 aliphatic heterocycles. The minimum atomic E-state index is -1.01. The smallest absolute Gasteiger partial charge is 0.336 e. The van der Waals surface area contributed by atoms with Crippen molar-refractivity contribution in [3.8, 4) is 22.9 Å². The van der Waals surface area contributed by atoms with E-state index in [0.29, 0.717) is 22.4 Å². The molecule has 0 aromatic heterocycles. The summed E-state index contributed by atoms with van der Waals surface area (Å²) in [6, 6.07) is 12.2. The normalized spacial score (nSPS) is 9.85. The van der Waals surface area contributed by atoms with Crippen molar-refractivity contribution < 1.29 is 14.6 Å². The van der Waals surface area contributed by atoms with Gasteiger partial charge in [-0.25, -0.2) is 4.79 Å². The summed E-state index contributed by atoms with van der Waals surface area (Å²) < 4.78 is 5.26. The summed E-state index contributed by atoms with van der Waals surface area (Å²) in [4.78, 5) is 11.4. The molecule has 0 spiro atoms. The highest BCUT2D eigenvalue weighted by Gasteiger charge is 2.15. The number of ether oxygens (including phenoxy) is 1. The molecule has 4 nitrogen and oxygen atoms in total. The third-order valence-electron chi connectivity index (χ3n) is 3.02. The Kier molecular flexibility index (Phi) is 3.72. The summed E-state index contributed by atoms with van der Waals surface area (Å²) in [5.74, 6) is -0.469. The van der Waals surface area contributed by atoms with Crippen LogP contribution in [-0.2, 0) is 0 Å². The molecular weight excluding hydrogens is 254 g/mol. The van der Waals surface area contributed by atoms with Crippen molar-refractivity contribution in [1.29, 1.82) is 5.26 Å². The minimum Gasteiger partial charge on any atom is -0.496 e. The number of benzene rings is 2. The second kappa shape index (κ2) is 5.45. The molecule has 20 heavy (non-hydrogen) atoms. The summed E-state index contributed by atoms with van der Waals surface area (Å²) in [6.45, 7) is 1.83. The first-order valence-electron chi connectivity index (χ1n) is 5.99. The lowest BCUT2D eigenvalue weighted by Crippen LogP contribution is -2.01. The van der Waals surface area contributed by atoms with Crippen LogP contribution in [0.4, 0.5) is 0 Å². The third-order valence-corrected chi connectivity index (χ3v) is 3.02. The number of nitrogens with zero attached hydrogens (tertiary/aromatic N) is 1. The van der Waals surface area contributed by atoms with Crippen molar-refractivity contribution in [1.82, 2.24) is 0 Å². The van der Waals surface area contributed by atoms with Gasteiger partial charge in [0.05, 0.1) is 24.3 Å². The van der Waals surface area contributed by atoms with Crippen molar-refractivity contribution in [3.05, 3.63) is 53.1 Å². The molecule has 2 aromatic carbocycles. The second-order valence-corrected chi connectivity index (χ2v) is 4.38. The lowest BCUT2D eigenvalue weighted by atomic mass is 9.96. The number of carboxylic acids is 1. The van der Waals surface area contributed by atoms with Crippen LogP contribution in [0.5, 0.6) is 5.75 Å². The van der Waals surface area contributed by atoms with Crippen molar-refractivity contribution in [2.75, 3.05) is 7.11 Å². The van der Waals surface area contributed by atoms with Gasteiger partial charge in [0.1, 0.15) is 5.75 Å². The van der Waals surface area contributed by atoms with Crippen molar-refractivity contribution in [2.45, 2.75) is 6.92 Å². The Bertz CT molecular complexity index is 714. The number of aryl methyl sites for hydroxylation is 1. The first kappa shape index (κ1) is 13.6. The zero-order chi connectivity index (χ0) is 14.7. The summed E-state index contributed by atoms with van der Waals surface area (Å²) in [6.07, 6.45) is 0. The van der Waals surface area contributed by atoms with E-state index in [1.807, 2.05) is 19.1 Å². The maximum absolute atomic E-state index is 11.4. The van der Waals surface area contributed by atoms with E-state index >= 15 is 0 Å². The van der Waals surface area contributed by atoms with Gasteiger partial charge in [-0.1, -0.05) is 17.7 Å². The Hall–Kier alpha value is -2.80. The maximum atomic E-state index is 11.4. The van der Waals surface area contributed by atoms with Crippen LogP contribution in [0.1, 0.15) is 21.5 Å². The van der Waals surface area contributed by atoms with E-state index in [0.717, 1.165) is 5.56 Å². The highest BCUT2D eigenvalue weighted by molar-refractivity contribution is 5.97. The molecule has 0 aliphatic rings. The lowest BCUT2D eigenvalue weighted by Gasteiger charge is -2.12. The first-order valence-corrected chi connectivity index (χ1v) is 5.99. The largest absolute Gasteiger partial charge is 0.496 e. The monoisotopic (exact) mass is 267 g/mol. The number of nitriles is 1. The van der Waals surface area contributed by atoms with Gasteiger partial charge in [0.2, 0.25) is 0 Å². The van der Waals surface area contributed by atoms with Gasteiger partial charge in [-0.05, 0) is 36.8 Å². The van der Waals surface area contributed by atoms with Crippen LogP contribution in [0, 0.1) is 18.3 Å². The van der Waals surface area contributed by atoms with E-state index in [1.54, 1.807) is 30.3 Å². The average molecular weight is 267 g/mol. The lowest BCUT2D eigenvalue weighted by molar-refractivity contribution is 0.0697. The van der Waals surface area contributed by atoms with E-state index in [9.17, 15) is 9.90 Å². The maximum Gasteiger partial charge on any atom is 0.336 e. The molecule has 0 bridgehead atoms. The van der Waals surface area contributed by atoms with E-state index in [2.05, 4.69) is 0 Å². The van der Waals surface area contributed by atoms with Crippen molar-refractivity contribution in [3.63, 3.8) is 0 Å². The topological polar surface area (TPSA) is 70.3 Å². The van der Waals surface area contributed by atoms with Gasteiger partial charge in [0.25, 0.3) is 0 Å². The molecule has 0 saturated heterocycles. The summed E-state index contributed by atoms with van der Waals surface area (Å²) in [5.41, 5.74) is 2.65. The van der Waals surface area contributed by atoms with Crippen LogP contribution < -0.4 is 4.74 Å². The molecule has 0 aliphatic carbocycles.